The number of urea groups is 1. The predicted octanol–water partition coefficient (Wildman–Crippen LogP) is 2.68. The number of allylic oxidation sites excluding steroid dienone is 1. The Morgan fingerprint density at radius 1 is 1.21 bits per heavy atom. The van der Waals surface area contributed by atoms with Gasteiger partial charge in [0.15, 0.2) is 29.2 Å². The highest BCUT2D eigenvalue weighted by Gasteiger charge is 2.32. The van der Waals surface area contributed by atoms with E-state index in [0.717, 1.165) is 0 Å². The average Bonchev–Trinajstić information content (AvgIpc) is 2.88. The SMILES string of the molecule is CCOc1cc([C@@H]2NC(=O)NC(C)=C2C(=O)OC)ccc1OC[C@H](O)N/N=C\c1cc(Br)cc(OC)c1O. The number of amides is 2. The van der Waals surface area contributed by atoms with Crippen molar-refractivity contribution in [2.75, 3.05) is 27.4 Å². The zero-order chi connectivity index (χ0) is 27.8. The summed E-state index contributed by atoms with van der Waals surface area (Å²) in [5.74, 6) is 0.267. The van der Waals surface area contributed by atoms with Crippen molar-refractivity contribution in [2.24, 2.45) is 5.10 Å². The normalized spacial score (nSPS) is 15.9. The standard InChI is InChI=1S/C25H29BrN4O8/c1-5-37-18-9-14(22-21(24(33)36-4)13(2)28-25(34)29-22)6-7-17(18)38-12-20(31)30-27-11-15-8-16(26)10-19(35-3)23(15)32/h6-11,20,22,30-32H,5,12H2,1-4H3,(H2,28,29,34)/b27-11-/t20-,22-/m0/s1. The van der Waals surface area contributed by atoms with Gasteiger partial charge in [-0.3, -0.25) is 5.43 Å². The largest absolute Gasteiger partial charge is 0.504 e. The fraction of sp³-hybridized carbons (Fsp3) is 0.320. The second-order valence-corrected chi connectivity index (χ2v) is 8.88. The van der Waals surface area contributed by atoms with Gasteiger partial charge in [0.25, 0.3) is 0 Å². The van der Waals surface area contributed by atoms with Crippen molar-refractivity contribution in [2.45, 2.75) is 26.1 Å². The van der Waals surface area contributed by atoms with Gasteiger partial charge in [0.2, 0.25) is 0 Å². The highest BCUT2D eigenvalue weighted by atomic mass is 79.9. The number of methoxy groups -OCH3 is 2. The minimum Gasteiger partial charge on any atom is -0.504 e. The molecule has 0 saturated heterocycles. The fourth-order valence-corrected chi connectivity index (χ4v) is 4.12. The first kappa shape index (κ1) is 28.6. The molecule has 2 amide bonds. The molecule has 1 aliphatic heterocycles. The Bertz CT molecular complexity index is 1250. The first-order valence-electron chi connectivity index (χ1n) is 11.5. The number of nitrogens with one attached hydrogen (secondary N) is 3. The molecule has 0 spiro atoms. The molecule has 13 heteroatoms. The molecule has 0 fully saturated rings. The van der Waals surface area contributed by atoms with Crippen molar-refractivity contribution in [3.05, 3.63) is 57.2 Å². The summed E-state index contributed by atoms with van der Waals surface area (Å²) in [6.07, 6.45) is 0.130. The molecular weight excluding hydrogens is 564 g/mol. The molecule has 0 aromatic heterocycles. The highest BCUT2D eigenvalue weighted by Crippen LogP contribution is 2.35. The summed E-state index contributed by atoms with van der Waals surface area (Å²) < 4.78 is 22.1. The van der Waals surface area contributed by atoms with E-state index in [1.807, 2.05) is 0 Å². The predicted molar refractivity (Wildman–Crippen MR) is 141 cm³/mol. The lowest BCUT2D eigenvalue weighted by Crippen LogP contribution is -2.45. The van der Waals surface area contributed by atoms with Gasteiger partial charge in [-0.25, -0.2) is 9.59 Å². The zero-order valence-electron chi connectivity index (χ0n) is 21.2. The molecule has 0 aliphatic carbocycles. The van der Waals surface area contributed by atoms with Crippen LogP contribution in [0, 0.1) is 0 Å². The summed E-state index contributed by atoms with van der Waals surface area (Å²) in [7, 11) is 2.70. The third kappa shape index (κ3) is 6.86. The number of phenolic OH excluding ortho intramolecular Hbond substituents is 1. The molecule has 204 valence electrons. The lowest BCUT2D eigenvalue weighted by Gasteiger charge is -2.28. The van der Waals surface area contributed by atoms with Crippen LogP contribution in [0.25, 0.3) is 0 Å². The van der Waals surface area contributed by atoms with Crippen LogP contribution in [0.2, 0.25) is 0 Å². The monoisotopic (exact) mass is 592 g/mol. The van der Waals surface area contributed by atoms with Crippen LogP contribution in [0.1, 0.15) is 31.0 Å². The maximum atomic E-state index is 12.4. The zero-order valence-corrected chi connectivity index (χ0v) is 22.8. The van der Waals surface area contributed by atoms with Crippen LogP contribution in [0.15, 0.2) is 51.2 Å². The van der Waals surface area contributed by atoms with Gasteiger partial charge in [-0.15, -0.1) is 0 Å². The van der Waals surface area contributed by atoms with E-state index in [2.05, 4.69) is 37.1 Å². The molecule has 1 heterocycles. The first-order chi connectivity index (χ1) is 18.2. The smallest absolute Gasteiger partial charge is 0.337 e. The van der Waals surface area contributed by atoms with E-state index >= 15 is 0 Å². The van der Waals surface area contributed by atoms with Crippen LogP contribution < -0.4 is 30.3 Å². The van der Waals surface area contributed by atoms with Gasteiger partial charge in [-0.05, 0) is 43.7 Å². The topological polar surface area (TPSA) is 160 Å². The van der Waals surface area contributed by atoms with Crippen molar-refractivity contribution >= 4 is 34.1 Å². The quantitative estimate of drug-likeness (QED) is 0.114. The van der Waals surface area contributed by atoms with Crippen molar-refractivity contribution in [3.8, 4) is 23.0 Å². The third-order valence-corrected chi connectivity index (χ3v) is 5.85. The average molecular weight is 593 g/mol. The van der Waals surface area contributed by atoms with Gasteiger partial charge in [0.05, 0.1) is 38.7 Å². The summed E-state index contributed by atoms with van der Waals surface area (Å²) in [4.78, 5) is 24.5. The van der Waals surface area contributed by atoms with Gasteiger partial charge >= 0.3 is 12.0 Å². The lowest BCUT2D eigenvalue weighted by atomic mass is 9.95. The van der Waals surface area contributed by atoms with Crippen LogP contribution in [-0.2, 0) is 9.53 Å². The Morgan fingerprint density at radius 2 is 1.97 bits per heavy atom. The molecule has 5 N–H and O–H groups in total. The van der Waals surface area contributed by atoms with Crippen LogP contribution in [-0.4, -0.2) is 62.1 Å². The minimum atomic E-state index is -1.20. The number of aromatic hydroxyl groups is 1. The number of carbonyl (C=O) groups is 2. The number of rotatable bonds is 11. The Morgan fingerprint density at radius 3 is 2.66 bits per heavy atom. The van der Waals surface area contributed by atoms with E-state index in [0.29, 0.717) is 39.4 Å². The van der Waals surface area contributed by atoms with E-state index in [4.69, 9.17) is 18.9 Å². The van der Waals surface area contributed by atoms with Crippen LogP contribution in [0.4, 0.5) is 4.79 Å². The van der Waals surface area contributed by atoms with Crippen LogP contribution in [0.3, 0.4) is 0 Å². The summed E-state index contributed by atoms with van der Waals surface area (Å²) in [6.45, 7) is 3.54. The molecule has 3 rings (SSSR count). The minimum absolute atomic E-state index is 0.0984. The molecule has 38 heavy (non-hydrogen) atoms. The molecule has 2 aromatic rings. The number of nitrogens with zero attached hydrogens (tertiary/aromatic N) is 1. The van der Waals surface area contributed by atoms with Crippen LogP contribution in [0.5, 0.6) is 23.0 Å². The second kappa shape index (κ2) is 13.0. The number of benzene rings is 2. The molecule has 0 bridgehead atoms. The third-order valence-electron chi connectivity index (χ3n) is 5.39. The number of aliphatic hydroxyl groups is 1. The van der Waals surface area contributed by atoms with E-state index < -0.39 is 24.3 Å². The van der Waals surface area contributed by atoms with Gasteiger partial charge in [-0.1, -0.05) is 22.0 Å². The Balaban J connectivity index is 1.72. The summed E-state index contributed by atoms with van der Waals surface area (Å²) in [6, 6.07) is 6.95. The maximum absolute atomic E-state index is 12.4. The number of hydrazone groups is 1. The number of phenols is 1. The maximum Gasteiger partial charge on any atom is 0.337 e. The van der Waals surface area contributed by atoms with Gasteiger partial charge in [0, 0.05) is 15.7 Å². The van der Waals surface area contributed by atoms with Crippen molar-refractivity contribution in [1.29, 1.82) is 0 Å². The second-order valence-electron chi connectivity index (χ2n) is 7.96. The molecule has 1 aliphatic rings. The number of esters is 1. The Hall–Kier alpha value is -3.97. The summed E-state index contributed by atoms with van der Waals surface area (Å²) >= 11 is 3.33. The van der Waals surface area contributed by atoms with Crippen molar-refractivity contribution in [3.63, 3.8) is 0 Å². The van der Waals surface area contributed by atoms with Crippen LogP contribution >= 0.6 is 15.9 Å². The number of hydrogen-bond donors (Lipinski definition) is 5. The lowest BCUT2D eigenvalue weighted by molar-refractivity contribution is -0.136. The van der Waals surface area contributed by atoms with Gasteiger partial charge < -0.3 is 39.8 Å². The van der Waals surface area contributed by atoms with Crippen molar-refractivity contribution in [1.82, 2.24) is 16.1 Å². The Labute approximate surface area is 227 Å². The molecular formula is C25H29BrN4O8. The molecule has 0 radical (unpaired) electrons. The van der Waals surface area contributed by atoms with E-state index in [9.17, 15) is 19.8 Å². The number of aliphatic hydroxyl groups excluding tert-OH is 1. The Kier molecular flexibility index (Phi) is 9.79. The number of hydrogen-bond acceptors (Lipinski definition) is 10. The molecule has 2 atom stereocenters. The molecule has 12 nitrogen and oxygen atoms in total. The number of ether oxygens (including phenoxy) is 4. The highest BCUT2D eigenvalue weighted by molar-refractivity contribution is 9.10. The number of halogens is 1. The van der Waals surface area contributed by atoms with E-state index in [1.165, 1.54) is 20.4 Å². The molecule has 0 saturated carbocycles. The first-order valence-corrected chi connectivity index (χ1v) is 12.3. The summed E-state index contributed by atoms with van der Waals surface area (Å²) in [5.41, 5.74) is 4.10. The fourth-order valence-electron chi connectivity index (χ4n) is 3.66. The number of carbonyl (C=O) groups excluding carboxylic acids is 2. The van der Waals surface area contributed by atoms with Gasteiger partial charge in [0.1, 0.15) is 6.61 Å². The van der Waals surface area contributed by atoms with E-state index in [-0.39, 0.29) is 23.7 Å². The van der Waals surface area contributed by atoms with Gasteiger partial charge in [-0.2, -0.15) is 5.10 Å². The van der Waals surface area contributed by atoms with E-state index in [1.54, 1.807) is 44.2 Å². The molecule has 0 unspecified atom stereocenters. The molecule has 2 aromatic carbocycles. The van der Waals surface area contributed by atoms with Crippen molar-refractivity contribution < 1.29 is 38.7 Å². The summed E-state index contributed by atoms with van der Waals surface area (Å²) in [5, 5.41) is 29.7.